The van der Waals surface area contributed by atoms with Gasteiger partial charge < -0.3 is 11.1 Å². The van der Waals surface area contributed by atoms with Crippen molar-refractivity contribution < 1.29 is 4.79 Å². The van der Waals surface area contributed by atoms with Crippen LogP contribution in [0, 0.1) is 13.8 Å². The van der Waals surface area contributed by atoms with E-state index in [-0.39, 0.29) is 5.91 Å². The number of hydrogen-bond donors (Lipinski definition) is 2. The highest BCUT2D eigenvalue weighted by molar-refractivity contribution is 7.21. The van der Waals surface area contributed by atoms with E-state index in [1.165, 1.54) is 11.3 Å². The highest BCUT2D eigenvalue weighted by atomic mass is 32.1. The van der Waals surface area contributed by atoms with Gasteiger partial charge in [-0.2, -0.15) is 11.3 Å². The molecule has 0 radical (unpaired) electrons. The summed E-state index contributed by atoms with van der Waals surface area (Å²) in [6.45, 7) is 4.45. The zero-order valence-electron chi connectivity index (χ0n) is 11.8. The Morgan fingerprint density at radius 1 is 1.43 bits per heavy atom. The number of carbonyl (C=O) groups excluding carboxylic acids is 1. The van der Waals surface area contributed by atoms with Gasteiger partial charge in [0.25, 0.3) is 5.91 Å². The van der Waals surface area contributed by atoms with E-state index in [9.17, 15) is 4.79 Å². The minimum Gasteiger partial charge on any atom is -0.397 e. The molecule has 0 saturated carbocycles. The monoisotopic (exact) mass is 317 g/mol. The lowest BCUT2D eigenvalue weighted by atomic mass is 10.1. The third kappa shape index (κ3) is 2.64. The maximum Gasteiger partial charge on any atom is 0.263 e. The molecule has 1 amide bonds. The number of aryl methyl sites for hydroxylation is 2. The van der Waals surface area contributed by atoms with Gasteiger partial charge in [0.15, 0.2) is 0 Å². The van der Waals surface area contributed by atoms with Crippen molar-refractivity contribution in [1.29, 1.82) is 0 Å². The van der Waals surface area contributed by atoms with Crippen molar-refractivity contribution in [3.63, 3.8) is 0 Å². The predicted molar refractivity (Wildman–Crippen MR) is 89.0 cm³/mol. The molecule has 3 heterocycles. The summed E-state index contributed by atoms with van der Waals surface area (Å²) >= 11 is 2.97. The lowest BCUT2D eigenvalue weighted by Crippen LogP contribution is -2.22. The van der Waals surface area contributed by atoms with Crippen LogP contribution in [0.4, 0.5) is 5.69 Å². The van der Waals surface area contributed by atoms with Crippen molar-refractivity contribution >= 4 is 44.5 Å². The number of fused-ring (bicyclic) bond motifs is 1. The number of rotatable bonds is 3. The van der Waals surface area contributed by atoms with E-state index in [1.54, 1.807) is 11.3 Å². The van der Waals surface area contributed by atoms with Gasteiger partial charge in [0.05, 0.1) is 5.69 Å². The Bertz CT molecular complexity index is 806. The Morgan fingerprint density at radius 2 is 2.24 bits per heavy atom. The van der Waals surface area contributed by atoms with Gasteiger partial charge in [-0.05, 0) is 47.9 Å². The Labute approximate surface area is 130 Å². The number of aromatic nitrogens is 1. The van der Waals surface area contributed by atoms with Gasteiger partial charge in [0.1, 0.15) is 9.71 Å². The molecule has 0 fully saturated rings. The molecular formula is C15H15N3OS2. The highest BCUT2D eigenvalue weighted by Gasteiger charge is 2.18. The fourth-order valence-electron chi connectivity index (χ4n) is 2.29. The second-order valence-electron chi connectivity index (χ2n) is 4.92. The lowest BCUT2D eigenvalue weighted by Gasteiger charge is -2.03. The molecule has 0 atom stereocenters. The Hall–Kier alpha value is -1.92. The summed E-state index contributed by atoms with van der Waals surface area (Å²) in [6, 6.07) is 3.98. The number of amides is 1. The number of nitrogen functional groups attached to an aromatic ring is 1. The van der Waals surface area contributed by atoms with E-state index >= 15 is 0 Å². The number of anilines is 1. The molecule has 0 aliphatic heterocycles. The highest BCUT2D eigenvalue weighted by Crippen LogP contribution is 2.34. The molecule has 0 aliphatic carbocycles. The second kappa shape index (κ2) is 5.46. The number of nitrogens with two attached hydrogens (primary N) is 1. The van der Waals surface area contributed by atoms with Gasteiger partial charge in [-0.15, -0.1) is 11.3 Å². The summed E-state index contributed by atoms with van der Waals surface area (Å²) < 4.78 is 0. The van der Waals surface area contributed by atoms with Crippen LogP contribution >= 0.6 is 22.7 Å². The largest absolute Gasteiger partial charge is 0.397 e. The van der Waals surface area contributed by atoms with Crippen LogP contribution in [0.25, 0.3) is 10.2 Å². The first-order valence-electron chi connectivity index (χ1n) is 6.51. The number of hydrogen-bond acceptors (Lipinski definition) is 5. The molecule has 21 heavy (non-hydrogen) atoms. The van der Waals surface area contributed by atoms with E-state index in [0.29, 0.717) is 17.1 Å². The maximum atomic E-state index is 12.3. The molecule has 0 aromatic carbocycles. The molecule has 3 rings (SSSR count). The summed E-state index contributed by atoms with van der Waals surface area (Å²) in [5.41, 5.74) is 9.77. The normalized spacial score (nSPS) is 11.0. The fourth-order valence-corrected chi connectivity index (χ4v) is 4.10. The van der Waals surface area contributed by atoms with Gasteiger partial charge in [-0.3, -0.25) is 4.79 Å². The molecule has 4 nitrogen and oxygen atoms in total. The molecule has 6 heteroatoms. The van der Waals surface area contributed by atoms with E-state index in [2.05, 4.69) is 10.3 Å². The quantitative estimate of drug-likeness (QED) is 0.777. The molecule has 108 valence electrons. The third-order valence-corrected chi connectivity index (χ3v) is 5.09. The van der Waals surface area contributed by atoms with Crippen molar-refractivity contribution in [2.24, 2.45) is 0 Å². The number of carbonyl (C=O) groups is 1. The molecule has 3 N–H and O–H groups in total. The molecule has 0 unspecified atom stereocenters. The Morgan fingerprint density at radius 3 is 2.95 bits per heavy atom. The minimum atomic E-state index is -0.140. The number of pyridine rings is 1. The smallest absolute Gasteiger partial charge is 0.263 e. The Balaban J connectivity index is 1.91. The predicted octanol–water partition coefficient (Wildman–Crippen LogP) is 3.49. The molecule has 0 aliphatic rings. The van der Waals surface area contributed by atoms with E-state index in [4.69, 9.17) is 5.73 Å². The summed E-state index contributed by atoms with van der Waals surface area (Å²) in [5, 5.41) is 7.81. The summed E-state index contributed by atoms with van der Waals surface area (Å²) in [4.78, 5) is 18.2. The van der Waals surface area contributed by atoms with Crippen LogP contribution < -0.4 is 11.1 Å². The van der Waals surface area contributed by atoms with Gasteiger partial charge in [0.2, 0.25) is 0 Å². The molecular weight excluding hydrogens is 302 g/mol. The van der Waals surface area contributed by atoms with Gasteiger partial charge in [-0.25, -0.2) is 4.98 Å². The second-order valence-corrected chi connectivity index (χ2v) is 6.70. The molecule has 3 aromatic rings. The van der Waals surface area contributed by atoms with Crippen molar-refractivity contribution in [1.82, 2.24) is 10.3 Å². The minimum absolute atomic E-state index is 0.140. The zero-order valence-corrected chi connectivity index (χ0v) is 13.4. The first-order chi connectivity index (χ1) is 10.1. The van der Waals surface area contributed by atoms with Gasteiger partial charge in [-0.1, -0.05) is 0 Å². The zero-order chi connectivity index (χ0) is 15.0. The third-order valence-electron chi connectivity index (χ3n) is 3.26. The molecule has 0 bridgehead atoms. The first kappa shape index (κ1) is 14.0. The number of thiophene rings is 2. The average Bonchev–Trinajstić information content (AvgIpc) is 3.04. The fraction of sp³-hybridized carbons (Fsp3) is 0.200. The van der Waals surface area contributed by atoms with Gasteiger partial charge >= 0.3 is 0 Å². The van der Waals surface area contributed by atoms with Crippen molar-refractivity contribution in [3.8, 4) is 0 Å². The molecule has 3 aromatic heterocycles. The Kier molecular flexibility index (Phi) is 3.65. The summed E-state index contributed by atoms with van der Waals surface area (Å²) in [7, 11) is 0. The van der Waals surface area contributed by atoms with Crippen LogP contribution in [0.15, 0.2) is 22.9 Å². The average molecular weight is 317 g/mol. The van der Waals surface area contributed by atoms with E-state index < -0.39 is 0 Å². The lowest BCUT2D eigenvalue weighted by molar-refractivity contribution is 0.0956. The van der Waals surface area contributed by atoms with Crippen LogP contribution in [0.3, 0.4) is 0 Å². The number of nitrogens with one attached hydrogen (secondary N) is 1. The van der Waals surface area contributed by atoms with Crippen LogP contribution in [0.5, 0.6) is 0 Å². The summed E-state index contributed by atoms with van der Waals surface area (Å²) in [6.07, 6.45) is 0. The van der Waals surface area contributed by atoms with Crippen molar-refractivity contribution in [3.05, 3.63) is 44.6 Å². The van der Waals surface area contributed by atoms with Crippen LogP contribution in [0.1, 0.15) is 26.5 Å². The maximum absolute atomic E-state index is 12.3. The SMILES string of the molecule is Cc1cc(C)c2c(N)c(C(=O)NCc3ccsc3)sc2n1. The van der Waals surface area contributed by atoms with E-state index in [0.717, 1.165) is 27.0 Å². The van der Waals surface area contributed by atoms with Crippen LogP contribution in [-0.2, 0) is 6.54 Å². The number of nitrogens with zero attached hydrogens (tertiary/aromatic N) is 1. The topological polar surface area (TPSA) is 68.0 Å². The van der Waals surface area contributed by atoms with E-state index in [1.807, 2.05) is 36.7 Å². The van der Waals surface area contributed by atoms with Gasteiger partial charge in [0, 0.05) is 17.6 Å². The summed E-state index contributed by atoms with van der Waals surface area (Å²) in [5.74, 6) is -0.140. The molecule has 0 spiro atoms. The first-order valence-corrected chi connectivity index (χ1v) is 8.27. The molecule has 0 saturated heterocycles. The van der Waals surface area contributed by atoms with Crippen molar-refractivity contribution in [2.45, 2.75) is 20.4 Å². The van der Waals surface area contributed by atoms with Crippen LogP contribution in [0.2, 0.25) is 0 Å². The van der Waals surface area contributed by atoms with Crippen molar-refractivity contribution in [2.75, 3.05) is 5.73 Å². The standard InChI is InChI=1S/C15H15N3OS2/c1-8-5-9(2)18-15-11(8)12(16)13(21-15)14(19)17-6-10-3-4-20-7-10/h3-5,7H,6,16H2,1-2H3,(H,17,19). The van der Waals surface area contributed by atoms with Crippen LogP contribution in [-0.4, -0.2) is 10.9 Å².